The zero-order chi connectivity index (χ0) is 20.1. The fourth-order valence-electron chi connectivity index (χ4n) is 4.07. The quantitative estimate of drug-likeness (QED) is 0.266. The molecule has 6 aromatic rings. The minimum Gasteiger partial charge on any atom is -0.455 e. The van der Waals surface area contributed by atoms with E-state index in [1.165, 1.54) is 10.8 Å². The number of hydrogen-bond donors (Lipinski definition) is 0. The van der Waals surface area contributed by atoms with Crippen LogP contribution in [0.3, 0.4) is 0 Å². The molecular weight excluding hydrogens is 434 g/mol. The van der Waals surface area contributed by atoms with Crippen LogP contribution in [0.1, 0.15) is 0 Å². The van der Waals surface area contributed by atoms with E-state index in [-0.39, 0.29) is 0 Å². The predicted molar refractivity (Wildman–Crippen MR) is 128 cm³/mol. The molecule has 0 saturated heterocycles. The number of rotatable bonds is 2. The molecule has 30 heavy (non-hydrogen) atoms. The van der Waals surface area contributed by atoms with Gasteiger partial charge in [-0.25, -0.2) is 0 Å². The average Bonchev–Trinajstić information content (AvgIpc) is 3.17. The number of halogens is 1. The lowest BCUT2D eigenvalue weighted by molar-refractivity contribution is 0.670. The summed E-state index contributed by atoms with van der Waals surface area (Å²) in [5, 5.41) is 4.68. The summed E-state index contributed by atoms with van der Waals surface area (Å²) in [6.07, 6.45) is 1.94. The maximum atomic E-state index is 6.17. The average molecular weight is 450 g/mol. The van der Waals surface area contributed by atoms with Crippen LogP contribution in [-0.4, -0.2) is 4.98 Å². The molecule has 0 aliphatic rings. The maximum Gasteiger partial charge on any atom is 0.144 e. The number of hydrogen-bond acceptors (Lipinski definition) is 2. The van der Waals surface area contributed by atoms with Crippen molar-refractivity contribution in [3.8, 4) is 22.4 Å². The topological polar surface area (TPSA) is 26.0 Å². The first-order valence-corrected chi connectivity index (χ1v) is 10.6. The van der Waals surface area contributed by atoms with Gasteiger partial charge in [0, 0.05) is 32.6 Å². The lowest BCUT2D eigenvalue weighted by atomic mass is 10.0. The van der Waals surface area contributed by atoms with Crippen LogP contribution in [0.4, 0.5) is 0 Å². The van der Waals surface area contributed by atoms with Crippen molar-refractivity contribution in [2.24, 2.45) is 0 Å². The Morgan fingerprint density at radius 3 is 2.40 bits per heavy atom. The molecule has 0 radical (unpaired) electrons. The Kier molecular flexibility index (Phi) is 3.96. The molecule has 142 valence electrons. The number of nitrogens with zero attached hydrogens (tertiary/aromatic N) is 1. The second-order valence-corrected chi connectivity index (χ2v) is 8.33. The van der Waals surface area contributed by atoms with Gasteiger partial charge >= 0.3 is 0 Å². The van der Waals surface area contributed by atoms with E-state index in [0.29, 0.717) is 0 Å². The third-order valence-corrected chi connectivity index (χ3v) is 6.07. The zero-order valence-corrected chi connectivity index (χ0v) is 17.6. The van der Waals surface area contributed by atoms with Gasteiger partial charge in [-0.15, -0.1) is 0 Å². The monoisotopic (exact) mass is 449 g/mol. The first kappa shape index (κ1) is 17.4. The Bertz CT molecular complexity index is 1550. The Balaban J connectivity index is 1.44. The van der Waals surface area contributed by atoms with Crippen LogP contribution >= 0.6 is 15.9 Å². The van der Waals surface area contributed by atoms with Crippen molar-refractivity contribution in [1.29, 1.82) is 0 Å². The van der Waals surface area contributed by atoms with Gasteiger partial charge in [-0.1, -0.05) is 70.5 Å². The molecule has 2 aromatic heterocycles. The van der Waals surface area contributed by atoms with E-state index < -0.39 is 0 Å². The second kappa shape index (κ2) is 6.82. The summed E-state index contributed by atoms with van der Waals surface area (Å²) >= 11 is 3.56. The summed E-state index contributed by atoms with van der Waals surface area (Å²) in [6.45, 7) is 0. The Morgan fingerprint density at radius 2 is 1.50 bits per heavy atom. The fraction of sp³-hybridized carbons (Fsp3) is 0. The highest BCUT2D eigenvalue weighted by atomic mass is 79.9. The molecule has 0 spiro atoms. The molecule has 0 unspecified atom stereocenters. The number of aromatic nitrogens is 1. The van der Waals surface area contributed by atoms with Crippen molar-refractivity contribution in [3.63, 3.8) is 0 Å². The molecule has 0 N–H and O–H groups in total. The summed E-state index contributed by atoms with van der Waals surface area (Å²) in [5.41, 5.74) is 5.96. The molecule has 3 heteroatoms. The van der Waals surface area contributed by atoms with Gasteiger partial charge in [0.15, 0.2) is 0 Å². The van der Waals surface area contributed by atoms with Crippen LogP contribution in [0.15, 0.2) is 106 Å². The number of pyridine rings is 1. The van der Waals surface area contributed by atoms with E-state index in [1.807, 2.05) is 24.4 Å². The van der Waals surface area contributed by atoms with Crippen molar-refractivity contribution in [2.75, 3.05) is 0 Å². The summed E-state index contributed by atoms with van der Waals surface area (Å²) in [6, 6.07) is 31.4. The Morgan fingerprint density at radius 1 is 0.667 bits per heavy atom. The van der Waals surface area contributed by atoms with Crippen LogP contribution in [-0.2, 0) is 0 Å². The molecule has 0 aliphatic heterocycles. The molecule has 2 heterocycles. The second-order valence-electron chi connectivity index (χ2n) is 7.42. The third kappa shape index (κ3) is 2.82. The highest BCUT2D eigenvalue weighted by molar-refractivity contribution is 9.10. The van der Waals surface area contributed by atoms with Gasteiger partial charge in [-0.05, 0) is 52.7 Å². The first-order chi connectivity index (χ1) is 14.8. The van der Waals surface area contributed by atoms with E-state index in [4.69, 9.17) is 9.40 Å². The van der Waals surface area contributed by atoms with Crippen molar-refractivity contribution < 1.29 is 4.42 Å². The molecule has 0 bridgehead atoms. The van der Waals surface area contributed by atoms with Crippen LogP contribution in [0, 0.1) is 0 Å². The minimum atomic E-state index is 0.884. The van der Waals surface area contributed by atoms with Crippen LogP contribution in [0.25, 0.3) is 55.1 Å². The van der Waals surface area contributed by atoms with Crippen molar-refractivity contribution in [3.05, 3.63) is 102 Å². The zero-order valence-electron chi connectivity index (χ0n) is 16.0. The Labute approximate surface area is 181 Å². The molecule has 0 fully saturated rings. The van der Waals surface area contributed by atoms with Crippen LogP contribution < -0.4 is 0 Å². The Hall–Kier alpha value is -3.43. The highest BCUT2D eigenvalue weighted by Crippen LogP contribution is 2.35. The van der Waals surface area contributed by atoms with Crippen molar-refractivity contribution in [1.82, 2.24) is 4.98 Å². The minimum absolute atomic E-state index is 0.884. The van der Waals surface area contributed by atoms with Gasteiger partial charge in [-0.2, -0.15) is 0 Å². The van der Waals surface area contributed by atoms with E-state index in [1.54, 1.807) is 0 Å². The van der Waals surface area contributed by atoms with E-state index in [2.05, 4.69) is 88.7 Å². The molecule has 0 saturated carbocycles. The fourth-order valence-corrected chi connectivity index (χ4v) is 4.45. The van der Waals surface area contributed by atoms with Gasteiger partial charge in [0.1, 0.15) is 11.2 Å². The number of furan rings is 1. The van der Waals surface area contributed by atoms with Crippen molar-refractivity contribution in [2.45, 2.75) is 0 Å². The van der Waals surface area contributed by atoms with Gasteiger partial charge < -0.3 is 4.42 Å². The molecule has 6 rings (SSSR count). The molecule has 0 atom stereocenters. The van der Waals surface area contributed by atoms with Gasteiger partial charge in [0.25, 0.3) is 0 Å². The van der Waals surface area contributed by atoms with Crippen LogP contribution in [0.2, 0.25) is 0 Å². The van der Waals surface area contributed by atoms with Crippen molar-refractivity contribution >= 4 is 48.6 Å². The summed E-state index contributed by atoms with van der Waals surface area (Å²) in [7, 11) is 0. The van der Waals surface area contributed by atoms with E-state index >= 15 is 0 Å². The lowest BCUT2D eigenvalue weighted by Gasteiger charge is -2.07. The number of benzene rings is 4. The predicted octanol–water partition coefficient (Wildman–Crippen LogP) is 8.23. The van der Waals surface area contributed by atoms with Gasteiger partial charge in [0.2, 0.25) is 0 Å². The SMILES string of the molecule is Brc1ccc2ccc(-c3ccc(-c4cccc5c4oc4ccccc45)nc3)cc2c1. The molecule has 0 aliphatic carbocycles. The molecular formula is C27H16BrNO. The normalized spacial score (nSPS) is 11.5. The smallest absolute Gasteiger partial charge is 0.144 e. The van der Waals surface area contributed by atoms with Crippen LogP contribution in [0.5, 0.6) is 0 Å². The first-order valence-electron chi connectivity index (χ1n) is 9.83. The largest absolute Gasteiger partial charge is 0.455 e. The highest BCUT2D eigenvalue weighted by Gasteiger charge is 2.12. The van der Waals surface area contributed by atoms with E-state index in [9.17, 15) is 0 Å². The lowest BCUT2D eigenvalue weighted by Crippen LogP contribution is -1.86. The standard InChI is InChI=1S/C27H16BrNO/c28-21-12-10-17-8-9-18(14-20(17)15-21)19-11-13-25(29-16-19)24-6-3-5-23-22-4-1-2-7-26(22)30-27(23)24/h1-16H. The molecule has 2 nitrogen and oxygen atoms in total. The summed E-state index contributed by atoms with van der Waals surface area (Å²) < 4.78 is 7.25. The molecule has 0 amide bonds. The summed E-state index contributed by atoms with van der Waals surface area (Å²) in [4.78, 5) is 4.77. The number of para-hydroxylation sites is 2. The third-order valence-electron chi connectivity index (χ3n) is 5.58. The maximum absolute atomic E-state index is 6.17. The van der Waals surface area contributed by atoms with Gasteiger partial charge in [0.05, 0.1) is 5.69 Å². The summed E-state index contributed by atoms with van der Waals surface area (Å²) in [5.74, 6) is 0. The molecule has 4 aromatic carbocycles. The number of fused-ring (bicyclic) bond motifs is 4. The van der Waals surface area contributed by atoms with E-state index in [0.717, 1.165) is 48.8 Å². The van der Waals surface area contributed by atoms with Gasteiger partial charge in [-0.3, -0.25) is 4.98 Å².